The molecule has 0 fully saturated rings. The van der Waals surface area contributed by atoms with Crippen molar-refractivity contribution in [1.82, 2.24) is 10.3 Å². The van der Waals surface area contributed by atoms with Gasteiger partial charge in [0.25, 0.3) is 5.91 Å². The molecule has 0 aliphatic heterocycles. The predicted molar refractivity (Wildman–Crippen MR) is 112 cm³/mol. The number of benzene rings is 1. The highest BCUT2D eigenvalue weighted by Crippen LogP contribution is 2.32. The number of phenols is 1. The fourth-order valence-corrected chi connectivity index (χ4v) is 2.77. The summed E-state index contributed by atoms with van der Waals surface area (Å²) in [4.78, 5) is 28.5. The molecule has 1 aromatic carbocycles. The number of phenolic OH excluding ortho intramolecular Hbond substituents is 1. The van der Waals surface area contributed by atoms with Crippen LogP contribution in [0.25, 0.3) is 0 Å². The van der Waals surface area contributed by atoms with Gasteiger partial charge in [0, 0.05) is 23.0 Å². The van der Waals surface area contributed by atoms with Gasteiger partial charge in [-0.1, -0.05) is 20.8 Å². The standard InChI is InChI=1S/C22H25FN4O4/c1-21(2,3)15-10-16(23)13(7-18(15)29)8-19(30)26-14-5-6-25-17(9-14)20(31)27-22(4,11-24)12-28/h5-7,9-10,28-29H,8,12H2,1-4H3,(H,27,31)(H,25,26,30)/t22-/m1/s1. The Morgan fingerprint density at radius 3 is 2.48 bits per heavy atom. The number of aliphatic hydroxyl groups excluding tert-OH is 1. The fraction of sp³-hybridized carbons (Fsp3) is 0.364. The number of amides is 2. The number of rotatable bonds is 6. The van der Waals surface area contributed by atoms with Gasteiger partial charge in [0.15, 0.2) is 0 Å². The van der Waals surface area contributed by atoms with Crippen LogP contribution in [0.3, 0.4) is 0 Å². The molecule has 0 aliphatic carbocycles. The van der Waals surface area contributed by atoms with Crippen molar-refractivity contribution in [1.29, 1.82) is 5.26 Å². The number of halogens is 1. The van der Waals surface area contributed by atoms with Gasteiger partial charge in [-0.25, -0.2) is 4.39 Å². The molecular formula is C22H25FN4O4. The summed E-state index contributed by atoms with van der Waals surface area (Å²) in [7, 11) is 0. The van der Waals surface area contributed by atoms with Crippen LogP contribution in [0.2, 0.25) is 0 Å². The number of nitrogens with zero attached hydrogens (tertiary/aromatic N) is 2. The van der Waals surface area contributed by atoms with Gasteiger partial charge in [-0.15, -0.1) is 0 Å². The lowest BCUT2D eigenvalue weighted by Crippen LogP contribution is -2.47. The van der Waals surface area contributed by atoms with Crippen molar-refractivity contribution >= 4 is 17.5 Å². The first kappa shape index (κ1) is 23.8. The van der Waals surface area contributed by atoms with Crippen molar-refractivity contribution in [2.24, 2.45) is 0 Å². The minimum atomic E-state index is -1.48. The second kappa shape index (κ2) is 9.10. The SMILES string of the molecule is CC(C)(C)c1cc(F)c(CC(=O)Nc2ccnc(C(=O)N[C@](C)(C#N)CO)c2)cc1O. The van der Waals surface area contributed by atoms with Crippen molar-refractivity contribution in [3.8, 4) is 11.8 Å². The van der Waals surface area contributed by atoms with Gasteiger partial charge in [-0.05, 0) is 36.6 Å². The highest BCUT2D eigenvalue weighted by atomic mass is 19.1. The van der Waals surface area contributed by atoms with Crippen molar-refractivity contribution in [2.75, 3.05) is 11.9 Å². The lowest BCUT2D eigenvalue weighted by molar-refractivity contribution is -0.115. The zero-order valence-electron chi connectivity index (χ0n) is 17.8. The Labute approximate surface area is 179 Å². The van der Waals surface area contributed by atoms with Gasteiger partial charge in [0.05, 0.1) is 19.1 Å². The molecule has 8 nitrogen and oxygen atoms in total. The molecule has 1 atom stereocenters. The first-order valence-corrected chi connectivity index (χ1v) is 9.51. The van der Waals surface area contributed by atoms with Crippen molar-refractivity contribution < 1.29 is 24.2 Å². The van der Waals surface area contributed by atoms with Crippen LogP contribution in [-0.4, -0.2) is 39.2 Å². The summed E-state index contributed by atoms with van der Waals surface area (Å²) < 4.78 is 14.5. The van der Waals surface area contributed by atoms with Gasteiger partial charge < -0.3 is 20.8 Å². The summed E-state index contributed by atoms with van der Waals surface area (Å²) in [6.45, 7) is 6.28. The van der Waals surface area contributed by atoms with Crippen LogP contribution >= 0.6 is 0 Å². The Bertz CT molecular complexity index is 1040. The van der Waals surface area contributed by atoms with Crippen LogP contribution in [0.1, 0.15) is 49.3 Å². The molecule has 9 heteroatoms. The van der Waals surface area contributed by atoms with E-state index in [0.29, 0.717) is 5.56 Å². The third kappa shape index (κ3) is 5.99. The van der Waals surface area contributed by atoms with Gasteiger partial charge in [-0.3, -0.25) is 14.6 Å². The number of hydrogen-bond donors (Lipinski definition) is 4. The van der Waals surface area contributed by atoms with E-state index in [0.717, 1.165) is 0 Å². The van der Waals surface area contributed by atoms with E-state index in [2.05, 4.69) is 15.6 Å². The van der Waals surface area contributed by atoms with Crippen LogP contribution in [0.15, 0.2) is 30.5 Å². The van der Waals surface area contributed by atoms with E-state index < -0.39 is 35.2 Å². The topological polar surface area (TPSA) is 135 Å². The molecule has 0 unspecified atom stereocenters. The number of carbonyl (C=O) groups excluding carboxylic acids is 2. The third-order valence-corrected chi connectivity index (χ3v) is 4.55. The monoisotopic (exact) mass is 428 g/mol. The fourth-order valence-electron chi connectivity index (χ4n) is 2.77. The minimum Gasteiger partial charge on any atom is -0.508 e. The van der Waals surface area contributed by atoms with Crippen molar-refractivity contribution in [3.05, 3.63) is 53.1 Å². The van der Waals surface area contributed by atoms with Crippen LogP contribution in [0.5, 0.6) is 5.75 Å². The van der Waals surface area contributed by atoms with Crippen LogP contribution < -0.4 is 10.6 Å². The number of aliphatic hydroxyl groups is 1. The van der Waals surface area contributed by atoms with E-state index in [1.54, 1.807) is 6.07 Å². The molecule has 164 valence electrons. The Balaban J connectivity index is 2.14. The molecule has 0 spiro atoms. The second-order valence-electron chi connectivity index (χ2n) is 8.42. The molecular weight excluding hydrogens is 403 g/mol. The Morgan fingerprint density at radius 1 is 1.23 bits per heavy atom. The third-order valence-electron chi connectivity index (χ3n) is 4.55. The molecule has 1 aromatic heterocycles. The number of carbonyl (C=O) groups is 2. The molecule has 4 N–H and O–H groups in total. The number of aromatic hydroxyl groups is 1. The van der Waals surface area contributed by atoms with E-state index in [1.165, 1.54) is 37.4 Å². The molecule has 0 aliphatic rings. The normalized spacial score (nSPS) is 13.1. The number of hydrogen-bond acceptors (Lipinski definition) is 6. The van der Waals surface area contributed by atoms with Gasteiger partial charge in [-0.2, -0.15) is 5.26 Å². The van der Waals surface area contributed by atoms with E-state index in [9.17, 15) is 24.2 Å². The molecule has 2 aromatic rings. The zero-order valence-corrected chi connectivity index (χ0v) is 17.8. The highest BCUT2D eigenvalue weighted by molar-refractivity contribution is 5.96. The number of anilines is 1. The second-order valence-corrected chi connectivity index (χ2v) is 8.42. The molecule has 0 radical (unpaired) electrons. The first-order valence-electron chi connectivity index (χ1n) is 9.51. The highest BCUT2D eigenvalue weighted by Gasteiger charge is 2.26. The van der Waals surface area contributed by atoms with Crippen molar-refractivity contribution in [2.45, 2.75) is 45.1 Å². The largest absolute Gasteiger partial charge is 0.508 e. The summed E-state index contributed by atoms with van der Waals surface area (Å²) >= 11 is 0. The molecule has 2 amide bonds. The number of aromatic nitrogens is 1. The van der Waals surface area contributed by atoms with E-state index in [-0.39, 0.29) is 29.1 Å². The van der Waals surface area contributed by atoms with E-state index in [1.807, 2.05) is 20.8 Å². The zero-order chi connectivity index (χ0) is 23.4. The van der Waals surface area contributed by atoms with Crippen LogP contribution in [0.4, 0.5) is 10.1 Å². The Kier molecular flexibility index (Phi) is 6.98. The first-order chi connectivity index (χ1) is 14.4. The average Bonchev–Trinajstić information content (AvgIpc) is 2.69. The van der Waals surface area contributed by atoms with Gasteiger partial charge in [0.1, 0.15) is 22.8 Å². The number of nitrogens with one attached hydrogen (secondary N) is 2. The maximum Gasteiger partial charge on any atom is 0.271 e. The molecule has 0 saturated carbocycles. The summed E-state index contributed by atoms with van der Waals surface area (Å²) in [5.41, 5.74) is -1.31. The number of pyridine rings is 1. The lowest BCUT2D eigenvalue weighted by atomic mass is 9.85. The van der Waals surface area contributed by atoms with E-state index in [4.69, 9.17) is 5.26 Å². The Morgan fingerprint density at radius 2 is 1.90 bits per heavy atom. The van der Waals surface area contributed by atoms with Gasteiger partial charge in [0.2, 0.25) is 5.91 Å². The van der Waals surface area contributed by atoms with Crippen LogP contribution in [0, 0.1) is 17.1 Å². The maximum atomic E-state index is 14.5. The average molecular weight is 428 g/mol. The maximum absolute atomic E-state index is 14.5. The van der Waals surface area contributed by atoms with E-state index >= 15 is 0 Å². The number of nitriles is 1. The van der Waals surface area contributed by atoms with Crippen molar-refractivity contribution in [3.63, 3.8) is 0 Å². The summed E-state index contributed by atoms with van der Waals surface area (Å²) in [5.74, 6) is -1.96. The van der Waals surface area contributed by atoms with Gasteiger partial charge >= 0.3 is 0 Å². The summed E-state index contributed by atoms with van der Waals surface area (Å²) in [5, 5.41) is 33.4. The minimum absolute atomic E-state index is 0.0303. The predicted octanol–water partition coefficient (Wildman–Crippen LogP) is 2.41. The molecule has 1 heterocycles. The molecule has 31 heavy (non-hydrogen) atoms. The molecule has 0 saturated heterocycles. The summed E-state index contributed by atoms with van der Waals surface area (Å²) in [6, 6.07) is 6.98. The van der Waals surface area contributed by atoms with Crippen LogP contribution in [-0.2, 0) is 16.6 Å². The quantitative estimate of drug-likeness (QED) is 0.558. The molecule has 0 bridgehead atoms. The Hall–Kier alpha value is -3.51. The summed E-state index contributed by atoms with van der Waals surface area (Å²) in [6.07, 6.45) is 0.961. The lowest BCUT2D eigenvalue weighted by Gasteiger charge is -2.21. The smallest absolute Gasteiger partial charge is 0.271 e. The molecule has 2 rings (SSSR count).